The number of rotatable bonds is 12. The number of alkyl halides is 3. The van der Waals surface area contributed by atoms with Crippen LogP contribution in [0.1, 0.15) is 11.1 Å². The Hall–Kier alpha value is -4.17. The fourth-order valence-electron chi connectivity index (χ4n) is 3.97. The summed E-state index contributed by atoms with van der Waals surface area (Å²) in [4.78, 5) is 25.8. The first-order chi connectivity index (χ1) is 19.2. The molecule has 0 aliphatic rings. The highest BCUT2D eigenvalue weighted by Gasteiger charge is 2.35. The number of anilines is 4. The number of carbonyl (C=O) groups excluding carboxylic acids is 1. The Labute approximate surface area is 236 Å². The molecule has 10 nitrogen and oxygen atoms in total. The maximum atomic E-state index is 14.8. The predicted molar refractivity (Wildman–Crippen MR) is 151 cm³/mol. The molecule has 0 aliphatic heterocycles. The zero-order valence-corrected chi connectivity index (χ0v) is 23.8. The second-order valence-electron chi connectivity index (χ2n) is 9.82. The third-order valence-electron chi connectivity index (χ3n) is 5.97. The molecule has 0 bridgehead atoms. The van der Waals surface area contributed by atoms with E-state index in [1.807, 2.05) is 30.9 Å². The van der Waals surface area contributed by atoms with E-state index < -0.39 is 23.5 Å². The number of halogens is 4. The number of carbonyl (C=O) groups is 1. The van der Waals surface area contributed by atoms with Crippen molar-refractivity contribution in [3.8, 4) is 11.6 Å². The lowest BCUT2D eigenvalue weighted by molar-refractivity contribution is -0.138. The summed E-state index contributed by atoms with van der Waals surface area (Å²) in [6, 6.07) is 3.30. The van der Waals surface area contributed by atoms with Gasteiger partial charge >= 0.3 is 6.18 Å². The van der Waals surface area contributed by atoms with E-state index in [0.29, 0.717) is 29.4 Å². The molecule has 0 spiro atoms. The van der Waals surface area contributed by atoms with Crippen LogP contribution in [0, 0.1) is 5.82 Å². The molecule has 0 aliphatic carbocycles. The van der Waals surface area contributed by atoms with Crippen LogP contribution in [0.15, 0.2) is 43.4 Å². The van der Waals surface area contributed by atoms with Crippen molar-refractivity contribution in [2.45, 2.75) is 12.7 Å². The molecular formula is C27H34F4N8O2. The normalized spacial score (nSPS) is 11.6. The van der Waals surface area contributed by atoms with Crippen LogP contribution in [0.5, 0.6) is 5.75 Å². The van der Waals surface area contributed by atoms with Crippen LogP contribution in [0.2, 0.25) is 0 Å². The van der Waals surface area contributed by atoms with Gasteiger partial charge in [0.1, 0.15) is 5.75 Å². The van der Waals surface area contributed by atoms with Crippen molar-refractivity contribution in [3.63, 3.8) is 0 Å². The maximum absolute atomic E-state index is 14.8. The van der Waals surface area contributed by atoms with Crippen molar-refractivity contribution in [2.75, 3.05) is 71.0 Å². The molecular weight excluding hydrogens is 544 g/mol. The number of ether oxygens (including phenoxy) is 1. The first-order valence-corrected chi connectivity index (χ1v) is 12.5. The number of likely N-dealkylation sites (N-methyl/N-ethyl adjacent to an activating group) is 2. The number of hydrogen-bond donors (Lipinski definition) is 2. The first-order valence-electron chi connectivity index (χ1n) is 12.5. The Morgan fingerprint density at radius 1 is 1.10 bits per heavy atom. The number of nitrogens with zero attached hydrogens (tertiary/aromatic N) is 6. The van der Waals surface area contributed by atoms with E-state index in [9.17, 15) is 22.4 Å². The Morgan fingerprint density at radius 2 is 1.80 bits per heavy atom. The molecule has 2 N–H and O–H groups in total. The van der Waals surface area contributed by atoms with E-state index in [4.69, 9.17) is 4.74 Å². The fourth-order valence-corrected chi connectivity index (χ4v) is 3.97. The number of hydrogen-bond acceptors (Lipinski definition) is 8. The van der Waals surface area contributed by atoms with Gasteiger partial charge < -0.3 is 34.6 Å². The summed E-state index contributed by atoms with van der Waals surface area (Å²) in [5, 5.41) is 5.70. The van der Waals surface area contributed by atoms with E-state index in [-0.39, 0.29) is 23.9 Å². The van der Waals surface area contributed by atoms with Gasteiger partial charge in [0.2, 0.25) is 11.9 Å². The molecule has 0 fully saturated rings. The molecule has 14 heteroatoms. The standard InChI is InChI=1S/C27H34F4N8O2/c1-8-24(40)33-20-11-21(23(41-7)12-22(20)38(6)10-9-36(2)3)34-26-32-13-19(28)25(35-26)39-15-17(14-37(4)5)18(16-39)27(29,30)31/h8,11-13,15-16H,1,9-10,14H2,2-7H3,(H,33,40)(H,32,34,35). The summed E-state index contributed by atoms with van der Waals surface area (Å²) in [5.41, 5.74) is 0.483. The molecule has 0 saturated carbocycles. The summed E-state index contributed by atoms with van der Waals surface area (Å²) in [6.07, 6.45) is -0.648. The molecule has 2 heterocycles. The third-order valence-corrected chi connectivity index (χ3v) is 5.97. The van der Waals surface area contributed by atoms with Crippen LogP contribution in [-0.2, 0) is 17.5 Å². The molecule has 1 aromatic carbocycles. The molecule has 3 rings (SSSR count). The van der Waals surface area contributed by atoms with Gasteiger partial charge in [-0.3, -0.25) is 4.79 Å². The van der Waals surface area contributed by atoms with Crippen molar-refractivity contribution in [3.05, 3.63) is 60.3 Å². The van der Waals surface area contributed by atoms with Gasteiger partial charge in [0.15, 0.2) is 11.6 Å². The maximum Gasteiger partial charge on any atom is 0.418 e. The number of amides is 1. The molecule has 222 valence electrons. The van der Waals surface area contributed by atoms with E-state index in [1.165, 1.54) is 13.3 Å². The Balaban J connectivity index is 2.04. The first kappa shape index (κ1) is 31.4. The molecule has 0 saturated heterocycles. The van der Waals surface area contributed by atoms with E-state index in [0.717, 1.165) is 29.6 Å². The smallest absolute Gasteiger partial charge is 0.418 e. The van der Waals surface area contributed by atoms with Crippen molar-refractivity contribution in [2.24, 2.45) is 0 Å². The van der Waals surface area contributed by atoms with Gasteiger partial charge in [-0.05, 0) is 45.9 Å². The highest BCUT2D eigenvalue weighted by molar-refractivity contribution is 6.02. The minimum absolute atomic E-state index is 0.00854. The quantitative estimate of drug-likeness (QED) is 0.242. The van der Waals surface area contributed by atoms with Gasteiger partial charge in [0.25, 0.3) is 0 Å². The van der Waals surface area contributed by atoms with Gasteiger partial charge in [-0.1, -0.05) is 6.58 Å². The summed E-state index contributed by atoms with van der Waals surface area (Å²) in [6.45, 7) is 4.87. The van der Waals surface area contributed by atoms with E-state index >= 15 is 0 Å². The Kier molecular flexibility index (Phi) is 9.94. The topological polar surface area (TPSA) is 90.8 Å². The van der Waals surface area contributed by atoms with Crippen LogP contribution in [0.3, 0.4) is 0 Å². The highest BCUT2D eigenvalue weighted by atomic mass is 19.4. The zero-order chi connectivity index (χ0) is 30.5. The lowest BCUT2D eigenvalue weighted by atomic mass is 10.2. The Bertz CT molecular complexity index is 1390. The van der Waals surface area contributed by atoms with Crippen LogP contribution in [0.25, 0.3) is 5.82 Å². The summed E-state index contributed by atoms with van der Waals surface area (Å²) >= 11 is 0. The van der Waals surface area contributed by atoms with Crippen LogP contribution < -0.4 is 20.3 Å². The third kappa shape index (κ3) is 7.95. The fraction of sp³-hybridized carbons (Fsp3) is 0.370. The van der Waals surface area contributed by atoms with E-state index in [1.54, 1.807) is 31.1 Å². The second kappa shape index (κ2) is 13.0. The van der Waals surface area contributed by atoms with Crippen LogP contribution >= 0.6 is 0 Å². The van der Waals surface area contributed by atoms with Crippen LogP contribution in [0.4, 0.5) is 40.6 Å². The molecule has 3 aromatic rings. The zero-order valence-electron chi connectivity index (χ0n) is 23.8. The molecule has 0 atom stereocenters. The van der Waals surface area contributed by atoms with Gasteiger partial charge in [0.05, 0.1) is 35.9 Å². The monoisotopic (exact) mass is 578 g/mol. The minimum Gasteiger partial charge on any atom is -0.494 e. The predicted octanol–water partition coefficient (Wildman–Crippen LogP) is 4.36. The van der Waals surface area contributed by atoms with Crippen molar-refractivity contribution in [1.29, 1.82) is 0 Å². The second-order valence-corrected chi connectivity index (χ2v) is 9.82. The SMILES string of the molecule is C=CC(=O)Nc1cc(Nc2ncc(F)c(-n3cc(CN(C)C)c(C(F)(F)F)c3)n2)c(OC)cc1N(C)CCN(C)C. The van der Waals surface area contributed by atoms with Gasteiger partial charge in [0, 0.05) is 45.1 Å². The average Bonchev–Trinajstić information content (AvgIpc) is 3.31. The summed E-state index contributed by atoms with van der Waals surface area (Å²) < 4.78 is 62.4. The van der Waals surface area contributed by atoms with Crippen molar-refractivity contribution < 1.29 is 27.1 Å². The lowest BCUT2D eigenvalue weighted by Crippen LogP contribution is -2.29. The van der Waals surface area contributed by atoms with Crippen molar-refractivity contribution >= 4 is 28.9 Å². The number of benzene rings is 1. The van der Waals surface area contributed by atoms with Gasteiger partial charge in [-0.25, -0.2) is 9.37 Å². The minimum atomic E-state index is -4.64. The number of methoxy groups -OCH3 is 1. The number of nitrogens with one attached hydrogen (secondary N) is 2. The number of aromatic nitrogens is 3. The molecule has 2 aromatic heterocycles. The average molecular weight is 579 g/mol. The van der Waals surface area contributed by atoms with Gasteiger partial charge in [-0.2, -0.15) is 18.2 Å². The molecule has 0 unspecified atom stereocenters. The lowest BCUT2D eigenvalue weighted by Gasteiger charge is -2.26. The molecule has 41 heavy (non-hydrogen) atoms. The largest absolute Gasteiger partial charge is 0.494 e. The highest BCUT2D eigenvalue weighted by Crippen LogP contribution is 2.38. The Morgan fingerprint density at radius 3 is 2.39 bits per heavy atom. The summed E-state index contributed by atoms with van der Waals surface area (Å²) in [7, 11) is 10.5. The van der Waals surface area contributed by atoms with Crippen molar-refractivity contribution in [1.82, 2.24) is 24.3 Å². The van der Waals surface area contributed by atoms with Crippen LogP contribution in [-0.4, -0.2) is 85.7 Å². The molecule has 0 radical (unpaired) electrons. The van der Waals surface area contributed by atoms with Gasteiger partial charge in [-0.15, -0.1) is 0 Å². The van der Waals surface area contributed by atoms with E-state index in [2.05, 4.69) is 27.2 Å². The summed E-state index contributed by atoms with van der Waals surface area (Å²) in [5.74, 6) is -1.48. The molecule has 1 amide bonds.